The third-order valence-electron chi connectivity index (χ3n) is 3.48. The Balaban J connectivity index is 2.04. The minimum Gasteiger partial charge on any atom is -0.393 e. The molecule has 2 N–H and O–H groups in total. The molecule has 0 spiro atoms. The van der Waals surface area contributed by atoms with Gasteiger partial charge in [0.1, 0.15) is 5.82 Å². The van der Waals surface area contributed by atoms with Gasteiger partial charge in [-0.3, -0.25) is 0 Å². The van der Waals surface area contributed by atoms with Crippen LogP contribution in [-0.2, 0) is 0 Å². The molecule has 1 aromatic rings. The van der Waals surface area contributed by atoms with Crippen LogP contribution in [0, 0.1) is 5.92 Å². The summed E-state index contributed by atoms with van der Waals surface area (Å²) in [5.41, 5.74) is 0.833. The van der Waals surface area contributed by atoms with Crippen LogP contribution in [0.15, 0.2) is 18.3 Å². The molecule has 1 saturated heterocycles. The van der Waals surface area contributed by atoms with E-state index in [4.69, 9.17) is 0 Å². The second-order valence-electron chi connectivity index (χ2n) is 4.86. The van der Waals surface area contributed by atoms with E-state index in [0.717, 1.165) is 30.9 Å². The van der Waals surface area contributed by atoms with Gasteiger partial charge in [0.25, 0.3) is 0 Å². The number of anilines is 1. The van der Waals surface area contributed by atoms with Crippen LogP contribution < -0.4 is 4.90 Å². The average Bonchev–Trinajstić information content (AvgIpc) is 2.78. The van der Waals surface area contributed by atoms with Crippen molar-refractivity contribution in [1.29, 1.82) is 0 Å². The van der Waals surface area contributed by atoms with Crippen molar-refractivity contribution in [2.24, 2.45) is 5.92 Å². The van der Waals surface area contributed by atoms with Crippen molar-refractivity contribution < 1.29 is 10.2 Å². The topological polar surface area (TPSA) is 56.6 Å². The standard InChI is InChI=1S/C13H20N2O2/c1-9(16)11-3-4-13(14-7-11)15-6-5-12(8-15)10(2)17/h3-4,7,9-10,12,16-17H,5-6,8H2,1-2H3/t9-,10?,12?/m1/s1. The summed E-state index contributed by atoms with van der Waals surface area (Å²) in [7, 11) is 0. The summed E-state index contributed by atoms with van der Waals surface area (Å²) in [5, 5.41) is 19.0. The second kappa shape index (κ2) is 5.02. The van der Waals surface area contributed by atoms with Gasteiger partial charge in [-0.25, -0.2) is 4.98 Å². The van der Waals surface area contributed by atoms with E-state index in [0.29, 0.717) is 5.92 Å². The molecule has 1 aliphatic heterocycles. The largest absolute Gasteiger partial charge is 0.393 e. The van der Waals surface area contributed by atoms with E-state index in [1.165, 1.54) is 0 Å². The number of aliphatic hydroxyl groups excluding tert-OH is 2. The lowest BCUT2D eigenvalue weighted by Crippen LogP contribution is -2.24. The molecule has 0 amide bonds. The third-order valence-corrected chi connectivity index (χ3v) is 3.48. The quantitative estimate of drug-likeness (QED) is 0.831. The molecule has 94 valence electrons. The molecule has 0 saturated carbocycles. The third kappa shape index (κ3) is 2.76. The molecular weight excluding hydrogens is 216 g/mol. The Bertz CT molecular complexity index is 362. The van der Waals surface area contributed by atoms with Gasteiger partial charge in [0.15, 0.2) is 0 Å². The molecule has 4 nitrogen and oxygen atoms in total. The van der Waals surface area contributed by atoms with Crippen molar-refractivity contribution in [2.45, 2.75) is 32.5 Å². The van der Waals surface area contributed by atoms with Crippen molar-refractivity contribution >= 4 is 5.82 Å². The number of aromatic nitrogens is 1. The average molecular weight is 236 g/mol. The zero-order chi connectivity index (χ0) is 12.4. The molecule has 0 aliphatic carbocycles. The SMILES string of the molecule is CC(O)C1CCN(c2ccc([C@@H](C)O)cn2)C1. The Morgan fingerprint density at radius 2 is 2.12 bits per heavy atom. The molecule has 2 rings (SSSR count). The lowest BCUT2D eigenvalue weighted by Gasteiger charge is -2.19. The maximum Gasteiger partial charge on any atom is 0.128 e. The smallest absolute Gasteiger partial charge is 0.128 e. The first-order chi connectivity index (χ1) is 8.08. The van der Waals surface area contributed by atoms with Gasteiger partial charge < -0.3 is 15.1 Å². The summed E-state index contributed by atoms with van der Waals surface area (Å²) in [6.45, 7) is 5.38. The van der Waals surface area contributed by atoms with Crippen LogP contribution >= 0.6 is 0 Å². The number of rotatable bonds is 3. The van der Waals surface area contributed by atoms with Crippen LogP contribution in [0.1, 0.15) is 31.9 Å². The molecular formula is C13H20N2O2. The predicted octanol–water partition coefficient (Wildman–Crippen LogP) is 1.34. The summed E-state index contributed by atoms with van der Waals surface area (Å²) in [4.78, 5) is 6.54. The molecule has 4 heteroatoms. The molecule has 2 heterocycles. The Labute approximate surface area is 102 Å². The highest BCUT2D eigenvalue weighted by Crippen LogP contribution is 2.25. The van der Waals surface area contributed by atoms with Gasteiger partial charge >= 0.3 is 0 Å². The predicted molar refractivity (Wildman–Crippen MR) is 66.9 cm³/mol. The van der Waals surface area contributed by atoms with E-state index in [2.05, 4.69) is 9.88 Å². The zero-order valence-corrected chi connectivity index (χ0v) is 10.4. The van der Waals surface area contributed by atoms with Gasteiger partial charge in [-0.15, -0.1) is 0 Å². The van der Waals surface area contributed by atoms with E-state index in [1.807, 2.05) is 19.1 Å². The van der Waals surface area contributed by atoms with Crippen LogP contribution in [0.4, 0.5) is 5.82 Å². The van der Waals surface area contributed by atoms with Crippen LogP contribution in [0.2, 0.25) is 0 Å². The summed E-state index contributed by atoms with van der Waals surface area (Å²) >= 11 is 0. The van der Waals surface area contributed by atoms with E-state index < -0.39 is 6.10 Å². The Hall–Kier alpha value is -1.13. The summed E-state index contributed by atoms with van der Waals surface area (Å²) in [6, 6.07) is 3.84. The van der Waals surface area contributed by atoms with Gasteiger partial charge in [0.2, 0.25) is 0 Å². The normalized spacial score (nSPS) is 23.8. The van der Waals surface area contributed by atoms with Crippen molar-refractivity contribution in [2.75, 3.05) is 18.0 Å². The van der Waals surface area contributed by atoms with Gasteiger partial charge in [-0.2, -0.15) is 0 Å². The number of hydrogen-bond donors (Lipinski definition) is 2. The van der Waals surface area contributed by atoms with Gasteiger partial charge in [0.05, 0.1) is 12.2 Å². The first-order valence-electron chi connectivity index (χ1n) is 6.15. The van der Waals surface area contributed by atoms with Gasteiger partial charge in [-0.1, -0.05) is 6.07 Å². The molecule has 3 atom stereocenters. The molecule has 1 aromatic heterocycles. The molecule has 0 aromatic carbocycles. The Kier molecular flexibility index (Phi) is 3.64. The number of hydrogen-bond acceptors (Lipinski definition) is 4. The minimum atomic E-state index is -0.472. The van der Waals surface area contributed by atoms with Gasteiger partial charge in [-0.05, 0) is 31.9 Å². The minimum absolute atomic E-state index is 0.253. The maximum absolute atomic E-state index is 9.55. The highest BCUT2D eigenvalue weighted by atomic mass is 16.3. The summed E-state index contributed by atoms with van der Waals surface area (Å²) in [5.74, 6) is 1.27. The zero-order valence-electron chi connectivity index (χ0n) is 10.4. The van der Waals surface area contributed by atoms with Crippen molar-refractivity contribution in [1.82, 2.24) is 4.98 Å². The van der Waals surface area contributed by atoms with Crippen LogP contribution in [0.3, 0.4) is 0 Å². The van der Waals surface area contributed by atoms with E-state index in [1.54, 1.807) is 13.1 Å². The fourth-order valence-corrected chi connectivity index (χ4v) is 2.22. The molecule has 0 bridgehead atoms. The fourth-order valence-electron chi connectivity index (χ4n) is 2.22. The van der Waals surface area contributed by atoms with Crippen LogP contribution in [0.25, 0.3) is 0 Å². The van der Waals surface area contributed by atoms with E-state index in [-0.39, 0.29) is 6.10 Å². The first-order valence-corrected chi connectivity index (χ1v) is 6.15. The highest BCUT2D eigenvalue weighted by Gasteiger charge is 2.26. The Morgan fingerprint density at radius 1 is 1.35 bits per heavy atom. The molecule has 2 unspecified atom stereocenters. The number of nitrogens with zero attached hydrogens (tertiary/aromatic N) is 2. The van der Waals surface area contributed by atoms with E-state index in [9.17, 15) is 10.2 Å². The summed E-state index contributed by atoms with van der Waals surface area (Å²) < 4.78 is 0. The van der Waals surface area contributed by atoms with Crippen LogP contribution in [0.5, 0.6) is 0 Å². The maximum atomic E-state index is 9.55. The highest BCUT2D eigenvalue weighted by molar-refractivity contribution is 5.40. The summed E-state index contributed by atoms with van der Waals surface area (Å²) in [6.07, 6.45) is 2.00. The van der Waals surface area contributed by atoms with Crippen molar-refractivity contribution in [3.05, 3.63) is 23.9 Å². The van der Waals surface area contributed by atoms with Gasteiger partial charge in [0, 0.05) is 25.2 Å². The monoisotopic (exact) mass is 236 g/mol. The van der Waals surface area contributed by atoms with Crippen molar-refractivity contribution in [3.63, 3.8) is 0 Å². The van der Waals surface area contributed by atoms with E-state index >= 15 is 0 Å². The molecule has 1 aliphatic rings. The lowest BCUT2D eigenvalue weighted by molar-refractivity contribution is 0.136. The number of pyridine rings is 1. The molecule has 1 fully saturated rings. The Morgan fingerprint density at radius 3 is 2.59 bits per heavy atom. The van der Waals surface area contributed by atoms with Crippen LogP contribution in [-0.4, -0.2) is 34.4 Å². The molecule has 17 heavy (non-hydrogen) atoms. The second-order valence-corrected chi connectivity index (χ2v) is 4.86. The lowest BCUT2D eigenvalue weighted by atomic mass is 10.0. The van der Waals surface area contributed by atoms with Crippen molar-refractivity contribution in [3.8, 4) is 0 Å². The fraction of sp³-hybridized carbons (Fsp3) is 0.615. The number of aliphatic hydroxyl groups is 2. The first kappa shape index (κ1) is 12.3. The molecule has 0 radical (unpaired) electrons.